The number of hydrogen-bond acceptors (Lipinski definition) is 3. The molecule has 1 aromatic carbocycles. The SMILES string of the molecule is C=C/C(C)=N\N(CC1CCNCC1)c1ccc(F)c(Cl)c1. The fraction of sp³-hybridized carbons (Fsp3) is 0.438. The van der Waals surface area contributed by atoms with Crippen LogP contribution in [-0.2, 0) is 0 Å². The van der Waals surface area contributed by atoms with E-state index in [4.69, 9.17) is 11.6 Å². The van der Waals surface area contributed by atoms with Crippen molar-refractivity contribution >= 4 is 23.0 Å². The Kier molecular flexibility index (Phi) is 5.76. The zero-order valence-corrected chi connectivity index (χ0v) is 13.0. The van der Waals surface area contributed by atoms with Crippen molar-refractivity contribution in [2.24, 2.45) is 11.0 Å². The van der Waals surface area contributed by atoms with Crippen LogP contribution in [0.4, 0.5) is 10.1 Å². The molecule has 1 N–H and O–H groups in total. The third-order valence-corrected chi connectivity index (χ3v) is 3.95. The average molecular weight is 310 g/mol. The Morgan fingerprint density at radius 3 is 2.86 bits per heavy atom. The Labute approximate surface area is 130 Å². The summed E-state index contributed by atoms with van der Waals surface area (Å²) in [5.74, 6) is 0.156. The van der Waals surface area contributed by atoms with Gasteiger partial charge in [0.1, 0.15) is 5.82 Å². The molecule has 0 unspecified atom stereocenters. The van der Waals surface area contributed by atoms with Gasteiger partial charge in [0.25, 0.3) is 0 Å². The molecule has 0 aromatic heterocycles. The van der Waals surface area contributed by atoms with Gasteiger partial charge in [0.2, 0.25) is 0 Å². The molecule has 0 saturated carbocycles. The minimum Gasteiger partial charge on any atom is -0.317 e. The van der Waals surface area contributed by atoms with Crippen LogP contribution in [0.5, 0.6) is 0 Å². The maximum Gasteiger partial charge on any atom is 0.141 e. The fourth-order valence-corrected chi connectivity index (χ4v) is 2.56. The number of piperidine rings is 1. The molecule has 0 atom stereocenters. The van der Waals surface area contributed by atoms with E-state index in [1.165, 1.54) is 6.07 Å². The first-order valence-corrected chi connectivity index (χ1v) is 7.59. The summed E-state index contributed by atoms with van der Waals surface area (Å²) in [6.07, 6.45) is 3.95. The molecule has 21 heavy (non-hydrogen) atoms. The first-order chi connectivity index (χ1) is 10.1. The van der Waals surface area contributed by atoms with E-state index in [2.05, 4.69) is 17.0 Å². The molecule has 0 bridgehead atoms. The Morgan fingerprint density at radius 2 is 2.24 bits per heavy atom. The average Bonchev–Trinajstić information content (AvgIpc) is 2.50. The van der Waals surface area contributed by atoms with E-state index >= 15 is 0 Å². The minimum absolute atomic E-state index is 0.120. The van der Waals surface area contributed by atoms with Crippen LogP contribution in [0.25, 0.3) is 0 Å². The van der Waals surface area contributed by atoms with E-state index in [-0.39, 0.29) is 5.02 Å². The highest BCUT2D eigenvalue weighted by atomic mass is 35.5. The van der Waals surface area contributed by atoms with Gasteiger partial charge in [-0.25, -0.2) is 4.39 Å². The summed E-state index contributed by atoms with van der Waals surface area (Å²) in [5.41, 5.74) is 1.63. The van der Waals surface area contributed by atoms with Crippen molar-refractivity contribution in [2.45, 2.75) is 19.8 Å². The molecule has 1 fully saturated rings. The van der Waals surface area contributed by atoms with Gasteiger partial charge in [0.15, 0.2) is 0 Å². The van der Waals surface area contributed by atoms with Gasteiger partial charge in [0.05, 0.1) is 16.4 Å². The molecule has 0 spiro atoms. The second-order valence-electron chi connectivity index (χ2n) is 5.32. The molecule has 1 heterocycles. The Morgan fingerprint density at radius 1 is 1.52 bits per heavy atom. The summed E-state index contributed by atoms with van der Waals surface area (Å²) in [5, 5.41) is 9.94. The standard InChI is InChI=1S/C16H21ClFN3/c1-3-12(2)20-21(11-13-6-8-19-9-7-13)14-4-5-16(18)15(17)10-14/h3-5,10,13,19H,1,6-9,11H2,2H3/b20-12-. The molecule has 3 nitrogen and oxygen atoms in total. The van der Waals surface area contributed by atoms with Crippen molar-refractivity contribution in [2.75, 3.05) is 24.6 Å². The zero-order valence-electron chi connectivity index (χ0n) is 12.3. The second-order valence-corrected chi connectivity index (χ2v) is 5.73. The van der Waals surface area contributed by atoms with Crippen LogP contribution in [0.15, 0.2) is 36.0 Å². The number of benzene rings is 1. The van der Waals surface area contributed by atoms with Gasteiger partial charge in [-0.3, -0.25) is 5.01 Å². The third-order valence-electron chi connectivity index (χ3n) is 3.66. The monoisotopic (exact) mass is 309 g/mol. The number of hydrazone groups is 1. The van der Waals surface area contributed by atoms with Gasteiger partial charge in [-0.05, 0) is 63.0 Å². The fourth-order valence-electron chi connectivity index (χ4n) is 2.39. The summed E-state index contributed by atoms with van der Waals surface area (Å²) in [4.78, 5) is 0. The van der Waals surface area contributed by atoms with Gasteiger partial charge in [-0.2, -0.15) is 5.10 Å². The quantitative estimate of drug-likeness (QED) is 0.661. The predicted molar refractivity (Wildman–Crippen MR) is 87.7 cm³/mol. The number of halogens is 2. The molecule has 114 valence electrons. The topological polar surface area (TPSA) is 27.6 Å². The van der Waals surface area contributed by atoms with Gasteiger partial charge >= 0.3 is 0 Å². The molecule has 0 radical (unpaired) electrons. The van der Waals surface area contributed by atoms with E-state index in [0.717, 1.165) is 43.9 Å². The van der Waals surface area contributed by atoms with Crippen molar-refractivity contribution in [3.8, 4) is 0 Å². The lowest BCUT2D eigenvalue weighted by Crippen LogP contribution is -2.34. The summed E-state index contributed by atoms with van der Waals surface area (Å²) in [6, 6.07) is 4.71. The van der Waals surface area contributed by atoms with Crippen LogP contribution in [0, 0.1) is 11.7 Å². The Bertz CT molecular complexity index is 524. The van der Waals surface area contributed by atoms with Gasteiger partial charge in [-0.1, -0.05) is 18.2 Å². The minimum atomic E-state index is -0.411. The van der Waals surface area contributed by atoms with Crippen molar-refractivity contribution in [1.82, 2.24) is 5.32 Å². The highest BCUT2D eigenvalue weighted by Crippen LogP contribution is 2.25. The number of hydrogen-bond donors (Lipinski definition) is 1. The lowest BCUT2D eigenvalue weighted by atomic mass is 9.98. The molecule has 1 aliphatic rings. The molecular formula is C16H21ClFN3. The largest absolute Gasteiger partial charge is 0.317 e. The van der Waals surface area contributed by atoms with Crippen molar-refractivity contribution in [3.05, 3.63) is 41.7 Å². The molecule has 5 heteroatoms. The molecule has 0 aliphatic carbocycles. The molecule has 0 amide bonds. The molecule has 1 saturated heterocycles. The zero-order chi connectivity index (χ0) is 15.2. The van der Waals surface area contributed by atoms with Crippen LogP contribution < -0.4 is 10.3 Å². The number of nitrogens with one attached hydrogen (secondary N) is 1. The van der Waals surface area contributed by atoms with E-state index in [1.54, 1.807) is 18.2 Å². The lowest BCUT2D eigenvalue weighted by Gasteiger charge is -2.28. The number of allylic oxidation sites excluding steroid dienone is 1. The van der Waals surface area contributed by atoms with E-state index in [1.807, 2.05) is 11.9 Å². The number of rotatable bonds is 5. The maximum absolute atomic E-state index is 13.3. The van der Waals surface area contributed by atoms with E-state index in [0.29, 0.717) is 5.92 Å². The van der Waals surface area contributed by atoms with Gasteiger partial charge in [0, 0.05) is 6.54 Å². The summed E-state index contributed by atoms with van der Waals surface area (Å²) in [6.45, 7) is 8.50. The van der Waals surface area contributed by atoms with Crippen molar-refractivity contribution in [1.29, 1.82) is 0 Å². The predicted octanol–water partition coefficient (Wildman–Crippen LogP) is 3.85. The highest BCUT2D eigenvalue weighted by molar-refractivity contribution is 6.31. The normalized spacial score (nSPS) is 16.8. The first kappa shape index (κ1) is 16.0. The smallest absolute Gasteiger partial charge is 0.141 e. The van der Waals surface area contributed by atoms with E-state index < -0.39 is 5.82 Å². The second kappa shape index (κ2) is 7.57. The Balaban J connectivity index is 2.21. The summed E-state index contributed by atoms with van der Waals surface area (Å²) >= 11 is 5.89. The van der Waals surface area contributed by atoms with E-state index in [9.17, 15) is 4.39 Å². The summed E-state index contributed by atoms with van der Waals surface area (Å²) in [7, 11) is 0. The third kappa shape index (κ3) is 4.55. The summed E-state index contributed by atoms with van der Waals surface area (Å²) < 4.78 is 13.3. The van der Waals surface area contributed by atoms with Gasteiger partial charge < -0.3 is 5.32 Å². The molecule has 1 aromatic rings. The first-order valence-electron chi connectivity index (χ1n) is 7.21. The van der Waals surface area contributed by atoms with Crippen LogP contribution in [-0.4, -0.2) is 25.3 Å². The van der Waals surface area contributed by atoms with Crippen LogP contribution in [0.1, 0.15) is 19.8 Å². The maximum atomic E-state index is 13.3. The van der Waals surface area contributed by atoms with Crippen LogP contribution in [0.2, 0.25) is 5.02 Å². The number of nitrogens with zero attached hydrogens (tertiary/aromatic N) is 2. The van der Waals surface area contributed by atoms with Crippen molar-refractivity contribution < 1.29 is 4.39 Å². The van der Waals surface area contributed by atoms with Crippen LogP contribution >= 0.6 is 11.6 Å². The molecular weight excluding hydrogens is 289 g/mol. The number of anilines is 1. The van der Waals surface area contributed by atoms with Crippen LogP contribution in [0.3, 0.4) is 0 Å². The molecule has 2 rings (SSSR count). The molecule has 1 aliphatic heterocycles. The Hall–Kier alpha value is -1.39. The lowest BCUT2D eigenvalue weighted by molar-refractivity contribution is 0.375. The highest BCUT2D eigenvalue weighted by Gasteiger charge is 2.18. The van der Waals surface area contributed by atoms with Gasteiger partial charge in [-0.15, -0.1) is 0 Å². The van der Waals surface area contributed by atoms with Crippen molar-refractivity contribution in [3.63, 3.8) is 0 Å².